The van der Waals surface area contributed by atoms with Gasteiger partial charge in [0.2, 0.25) is 0 Å². The van der Waals surface area contributed by atoms with E-state index in [0.29, 0.717) is 40.9 Å². The molecule has 4 aliphatic rings. The summed E-state index contributed by atoms with van der Waals surface area (Å²) in [7, 11) is 1.47. The van der Waals surface area contributed by atoms with Crippen LogP contribution < -0.4 is 21.3 Å². The molecule has 3 saturated carbocycles. The van der Waals surface area contributed by atoms with Gasteiger partial charge >= 0.3 is 5.97 Å². The Hall–Kier alpha value is -3.99. The molecule has 11 nitrogen and oxygen atoms in total. The Morgan fingerprint density at radius 3 is 2.66 bits per heavy atom. The first kappa shape index (κ1) is 28.8. The Kier molecular flexibility index (Phi) is 7.74. The Morgan fingerprint density at radius 1 is 1.09 bits per heavy atom. The Labute approximate surface area is 258 Å². The Bertz CT molecular complexity index is 1490. The van der Waals surface area contributed by atoms with Crippen LogP contribution in [-0.4, -0.2) is 70.6 Å². The summed E-state index contributed by atoms with van der Waals surface area (Å²) in [5.41, 5.74) is 9.57. The van der Waals surface area contributed by atoms with Crippen LogP contribution in [0.2, 0.25) is 0 Å². The lowest BCUT2D eigenvalue weighted by atomic mass is 9.54. The van der Waals surface area contributed by atoms with Crippen LogP contribution in [0.15, 0.2) is 42.7 Å². The number of carbonyl (C=O) groups is 1. The van der Waals surface area contributed by atoms with E-state index in [9.17, 15) is 9.90 Å². The smallest absolute Gasteiger partial charge is 0.308 e. The molecule has 1 saturated heterocycles. The van der Waals surface area contributed by atoms with Crippen molar-refractivity contribution in [3.05, 3.63) is 48.5 Å². The molecule has 2 aromatic heterocycles. The van der Waals surface area contributed by atoms with Crippen LogP contribution in [0, 0.1) is 23.7 Å². The van der Waals surface area contributed by atoms with Crippen LogP contribution in [0.25, 0.3) is 11.3 Å². The molecule has 232 valence electrons. The molecule has 2 bridgehead atoms. The van der Waals surface area contributed by atoms with Crippen LogP contribution in [0.5, 0.6) is 5.75 Å². The number of para-hydroxylation sites is 1. The van der Waals surface area contributed by atoms with E-state index >= 15 is 0 Å². The zero-order chi connectivity index (χ0) is 30.3. The molecular weight excluding hydrogens is 556 g/mol. The normalized spacial score (nSPS) is 29.0. The number of fused-ring (bicyclic) bond motifs is 1. The second-order valence-electron chi connectivity index (χ2n) is 13.2. The summed E-state index contributed by atoms with van der Waals surface area (Å²) < 4.78 is 4.89. The lowest BCUT2D eigenvalue weighted by Crippen LogP contribution is -2.53. The minimum absolute atomic E-state index is 0.0572. The van der Waals surface area contributed by atoms with Crippen molar-refractivity contribution in [1.82, 2.24) is 25.5 Å². The van der Waals surface area contributed by atoms with Gasteiger partial charge in [-0.25, -0.2) is 9.97 Å². The summed E-state index contributed by atoms with van der Waals surface area (Å²) in [6.07, 6.45) is 11.0. The van der Waals surface area contributed by atoms with Crippen molar-refractivity contribution in [1.29, 1.82) is 0 Å². The van der Waals surface area contributed by atoms with Gasteiger partial charge in [-0.1, -0.05) is 12.1 Å². The first-order chi connectivity index (χ1) is 21.4. The van der Waals surface area contributed by atoms with Gasteiger partial charge in [0, 0.05) is 43.2 Å². The van der Waals surface area contributed by atoms with Crippen LogP contribution in [0.4, 0.5) is 17.2 Å². The van der Waals surface area contributed by atoms with Crippen LogP contribution in [0.1, 0.15) is 50.8 Å². The first-order valence-corrected chi connectivity index (χ1v) is 16.0. The number of aromatic hydroxyl groups is 1. The number of nitrogens with one attached hydrogen (secondary N) is 2. The number of nitrogens with zero attached hydrogens (tertiary/aromatic N) is 5. The van der Waals surface area contributed by atoms with E-state index < -0.39 is 0 Å². The number of methoxy groups -OCH3 is 1. The molecule has 5 N–H and O–H groups in total. The number of benzene rings is 1. The maximum absolute atomic E-state index is 11.7. The fraction of sp³-hybridized carbons (Fsp3) is 0.545. The average Bonchev–Trinajstić information content (AvgIpc) is 3.23. The van der Waals surface area contributed by atoms with Gasteiger partial charge in [0.25, 0.3) is 0 Å². The predicted molar refractivity (Wildman–Crippen MR) is 168 cm³/mol. The minimum Gasteiger partial charge on any atom is -0.507 e. The summed E-state index contributed by atoms with van der Waals surface area (Å²) in [5, 5.41) is 26.0. The highest BCUT2D eigenvalue weighted by Gasteiger charge is 2.63. The number of anilines is 3. The molecule has 0 spiro atoms. The Morgan fingerprint density at radius 2 is 1.89 bits per heavy atom. The molecule has 44 heavy (non-hydrogen) atoms. The van der Waals surface area contributed by atoms with E-state index in [0.717, 1.165) is 81.9 Å². The summed E-state index contributed by atoms with van der Waals surface area (Å²) >= 11 is 0. The van der Waals surface area contributed by atoms with E-state index in [2.05, 4.69) is 25.7 Å². The number of rotatable bonds is 9. The number of carbonyl (C=O) groups excluding carboxylic acids is 1. The third-order valence-corrected chi connectivity index (χ3v) is 10.6. The third kappa shape index (κ3) is 5.31. The van der Waals surface area contributed by atoms with Crippen molar-refractivity contribution in [2.75, 3.05) is 49.2 Å². The van der Waals surface area contributed by atoms with E-state index in [4.69, 9.17) is 20.4 Å². The van der Waals surface area contributed by atoms with Crippen LogP contribution in [-0.2, 0) is 14.9 Å². The molecule has 3 aromatic rings. The molecule has 1 aromatic carbocycles. The number of esters is 1. The SMILES string of the molecule is COC(=O)C1CCC(NCCNc2cnc(C34CC5CC3C(CN(c3cc(-c6ccccc6O)nnc3N)C5)C4)nc2)CC1. The van der Waals surface area contributed by atoms with Crippen molar-refractivity contribution in [3.8, 4) is 17.0 Å². The topological polar surface area (TPSA) is 151 Å². The van der Waals surface area contributed by atoms with Gasteiger partial charge < -0.3 is 31.1 Å². The van der Waals surface area contributed by atoms with Crippen molar-refractivity contribution >= 4 is 23.2 Å². The monoisotopic (exact) mass is 598 g/mol. The number of ether oxygens (including phenoxy) is 1. The highest BCUT2D eigenvalue weighted by molar-refractivity contribution is 5.74. The van der Waals surface area contributed by atoms with Crippen molar-refractivity contribution in [2.24, 2.45) is 23.7 Å². The fourth-order valence-electron chi connectivity index (χ4n) is 8.53. The van der Waals surface area contributed by atoms with Gasteiger partial charge in [-0.3, -0.25) is 4.79 Å². The van der Waals surface area contributed by atoms with Crippen molar-refractivity contribution in [2.45, 2.75) is 56.4 Å². The number of nitrogen functional groups attached to an aromatic ring is 1. The molecule has 0 radical (unpaired) electrons. The zero-order valence-electron chi connectivity index (χ0n) is 25.3. The second kappa shape index (κ2) is 11.8. The summed E-state index contributed by atoms with van der Waals surface area (Å²) in [5.74, 6) is 3.25. The van der Waals surface area contributed by atoms with Gasteiger partial charge in [-0.05, 0) is 80.9 Å². The van der Waals surface area contributed by atoms with E-state index in [-0.39, 0.29) is 23.1 Å². The van der Waals surface area contributed by atoms with Crippen molar-refractivity contribution < 1.29 is 14.6 Å². The highest BCUT2D eigenvalue weighted by Crippen LogP contribution is 2.64. The zero-order valence-corrected chi connectivity index (χ0v) is 25.3. The lowest BCUT2D eigenvalue weighted by Gasteiger charge is -2.52. The maximum Gasteiger partial charge on any atom is 0.308 e. The summed E-state index contributed by atoms with van der Waals surface area (Å²) in [6.45, 7) is 3.50. The summed E-state index contributed by atoms with van der Waals surface area (Å²) in [4.78, 5) is 23.9. The standard InChI is InChI=1S/C33H42N8O3/c1-44-31(43)21-6-8-23(9-7-21)35-10-11-36-24-16-37-32(38-17-24)33-14-20-12-26(33)22(15-33)19-41(18-20)28-13-27(39-40-30(28)34)25-4-2-3-5-29(25)42/h2-5,13,16-17,20-23,26,35-36,42H,6-12,14-15,18-19H2,1H3,(H2,34,40). The predicted octanol–water partition coefficient (Wildman–Crippen LogP) is 3.76. The van der Waals surface area contributed by atoms with Crippen molar-refractivity contribution in [3.63, 3.8) is 0 Å². The number of hydrogen-bond donors (Lipinski definition) is 4. The molecule has 4 fully saturated rings. The molecule has 7 rings (SSSR count). The average molecular weight is 599 g/mol. The number of nitrogens with two attached hydrogens (primary N) is 1. The number of phenolic OH excluding ortho intramolecular Hbond substituents is 1. The quantitative estimate of drug-likeness (QED) is 0.210. The molecule has 11 heteroatoms. The Balaban J connectivity index is 0.937. The number of phenols is 1. The van der Waals surface area contributed by atoms with Crippen LogP contribution in [0.3, 0.4) is 0 Å². The molecule has 3 aliphatic carbocycles. The molecule has 3 heterocycles. The summed E-state index contributed by atoms with van der Waals surface area (Å²) in [6, 6.07) is 9.63. The second-order valence-corrected chi connectivity index (χ2v) is 13.2. The molecule has 0 amide bonds. The molecular formula is C33H42N8O3. The third-order valence-electron chi connectivity index (χ3n) is 10.6. The fourth-order valence-corrected chi connectivity index (χ4v) is 8.53. The van der Waals surface area contributed by atoms with Gasteiger partial charge in [0.1, 0.15) is 11.6 Å². The lowest BCUT2D eigenvalue weighted by molar-refractivity contribution is -0.146. The minimum atomic E-state index is -0.0722. The van der Waals surface area contributed by atoms with E-state index in [1.807, 2.05) is 30.6 Å². The highest BCUT2D eigenvalue weighted by atomic mass is 16.5. The number of hydrogen-bond acceptors (Lipinski definition) is 11. The van der Waals surface area contributed by atoms with Gasteiger partial charge in [-0.2, -0.15) is 0 Å². The number of aromatic nitrogens is 4. The first-order valence-electron chi connectivity index (χ1n) is 16.0. The molecule has 1 aliphatic heterocycles. The molecule has 4 unspecified atom stereocenters. The van der Waals surface area contributed by atoms with Gasteiger partial charge in [0.15, 0.2) is 5.82 Å². The molecule has 4 atom stereocenters. The van der Waals surface area contributed by atoms with Gasteiger partial charge in [-0.15, -0.1) is 10.2 Å². The van der Waals surface area contributed by atoms with Gasteiger partial charge in [0.05, 0.1) is 42.5 Å². The van der Waals surface area contributed by atoms with E-state index in [1.165, 1.54) is 13.5 Å². The van der Waals surface area contributed by atoms with Crippen LogP contribution >= 0.6 is 0 Å². The maximum atomic E-state index is 11.7. The van der Waals surface area contributed by atoms with E-state index in [1.54, 1.807) is 12.1 Å². The largest absolute Gasteiger partial charge is 0.507 e.